The molecule has 1 unspecified atom stereocenters. The SMILES string of the molecule is CC(=O)NC(CCCCN)C(=O)NCCOCCOCCOCCOCCC(=O)NCC(=O)NCCOCCOCCOCCOCCC(=O)O. The highest BCUT2D eigenvalue weighted by atomic mass is 16.6. The highest BCUT2D eigenvalue weighted by Gasteiger charge is 2.18. The summed E-state index contributed by atoms with van der Waals surface area (Å²) in [6, 6.07) is -0.581. The fourth-order valence-electron chi connectivity index (χ4n) is 3.82. The molecule has 19 nitrogen and oxygen atoms in total. The lowest BCUT2D eigenvalue weighted by atomic mass is 10.1. The predicted octanol–water partition coefficient (Wildman–Crippen LogP) is -2.03. The summed E-state index contributed by atoms with van der Waals surface area (Å²) in [5, 5.41) is 19.1. The van der Waals surface area contributed by atoms with Gasteiger partial charge in [0.25, 0.3) is 0 Å². The number of unbranched alkanes of at least 4 members (excludes halogenated alkanes) is 1. The molecule has 51 heavy (non-hydrogen) atoms. The molecule has 0 saturated carbocycles. The van der Waals surface area contributed by atoms with E-state index in [-0.39, 0.29) is 56.2 Å². The Morgan fingerprint density at radius 3 is 1.43 bits per heavy atom. The maximum Gasteiger partial charge on any atom is 0.305 e. The van der Waals surface area contributed by atoms with E-state index < -0.39 is 12.0 Å². The van der Waals surface area contributed by atoms with Crippen LogP contribution in [-0.2, 0) is 61.9 Å². The highest BCUT2D eigenvalue weighted by molar-refractivity contribution is 5.86. The molecule has 298 valence electrons. The van der Waals surface area contributed by atoms with Crippen molar-refractivity contribution < 1.29 is 67.0 Å². The van der Waals surface area contributed by atoms with Crippen molar-refractivity contribution in [3.05, 3.63) is 0 Å². The van der Waals surface area contributed by atoms with Gasteiger partial charge in [-0.25, -0.2) is 0 Å². The molecule has 0 radical (unpaired) electrons. The molecule has 0 rings (SSSR count). The van der Waals surface area contributed by atoms with E-state index in [0.717, 1.165) is 12.8 Å². The van der Waals surface area contributed by atoms with Crippen LogP contribution in [0.15, 0.2) is 0 Å². The van der Waals surface area contributed by atoms with Crippen molar-refractivity contribution in [2.75, 3.05) is 132 Å². The Morgan fingerprint density at radius 2 is 0.980 bits per heavy atom. The highest BCUT2D eigenvalue weighted by Crippen LogP contribution is 2.01. The first kappa shape index (κ1) is 48.0. The van der Waals surface area contributed by atoms with Gasteiger partial charge in [-0.2, -0.15) is 0 Å². The van der Waals surface area contributed by atoms with Gasteiger partial charge in [0.15, 0.2) is 0 Å². The van der Waals surface area contributed by atoms with Gasteiger partial charge >= 0.3 is 5.97 Å². The Kier molecular flexibility index (Phi) is 34.6. The van der Waals surface area contributed by atoms with Gasteiger partial charge in [-0.05, 0) is 25.8 Å². The maximum absolute atomic E-state index is 12.3. The lowest BCUT2D eigenvalue weighted by Crippen LogP contribution is -2.46. The molecule has 0 aromatic rings. The third kappa shape index (κ3) is 36.6. The maximum atomic E-state index is 12.3. The second-order valence-electron chi connectivity index (χ2n) is 10.7. The van der Waals surface area contributed by atoms with Gasteiger partial charge in [0.2, 0.25) is 23.6 Å². The minimum absolute atomic E-state index is 0.0339. The first-order valence-electron chi connectivity index (χ1n) is 17.4. The predicted molar refractivity (Wildman–Crippen MR) is 183 cm³/mol. The van der Waals surface area contributed by atoms with E-state index >= 15 is 0 Å². The van der Waals surface area contributed by atoms with Crippen LogP contribution < -0.4 is 27.0 Å². The molecule has 0 aromatic carbocycles. The summed E-state index contributed by atoms with van der Waals surface area (Å²) in [5.74, 6) is -2.05. The van der Waals surface area contributed by atoms with E-state index in [1.54, 1.807) is 0 Å². The number of nitrogens with one attached hydrogen (secondary N) is 4. The van der Waals surface area contributed by atoms with E-state index in [9.17, 15) is 24.0 Å². The van der Waals surface area contributed by atoms with Crippen LogP contribution in [0.25, 0.3) is 0 Å². The average Bonchev–Trinajstić information content (AvgIpc) is 3.09. The summed E-state index contributed by atoms with van der Waals surface area (Å²) in [5.41, 5.74) is 5.49. The summed E-state index contributed by atoms with van der Waals surface area (Å²) in [4.78, 5) is 57.7. The summed E-state index contributed by atoms with van der Waals surface area (Å²) in [6.07, 6.45) is 2.14. The Bertz CT molecular complexity index is 902. The normalized spacial score (nSPS) is 11.6. The smallest absolute Gasteiger partial charge is 0.305 e. The fourth-order valence-corrected chi connectivity index (χ4v) is 3.82. The molecule has 7 N–H and O–H groups in total. The molecule has 0 fully saturated rings. The van der Waals surface area contributed by atoms with Crippen molar-refractivity contribution in [2.24, 2.45) is 5.73 Å². The third-order valence-corrected chi connectivity index (χ3v) is 6.37. The molecule has 0 bridgehead atoms. The fraction of sp³-hybridized carbons (Fsp3) is 0.844. The van der Waals surface area contributed by atoms with E-state index in [0.29, 0.717) is 119 Å². The van der Waals surface area contributed by atoms with Crippen LogP contribution in [0, 0.1) is 0 Å². The van der Waals surface area contributed by atoms with Crippen molar-refractivity contribution in [3.63, 3.8) is 0 Å². The van der Waals surface area contributed by atoms with Crippen molar-refractivity contribution in [1.82, 2.24) is 21.3 Å². The Hall–Kier alpha value is -3.01. The number of hydrogen-bond donors (Lipinski definition) is 6. The van der Waals surface area contributed by atoms with E-state index in [1.807, 2.05) is 0 Å². The molecular formula is C32H61N5O14. The third-order valence-electron chi connectivity index (χ3n) is 6.37. The van der Waals surface area contributed by atoms with Gasteiger partial charge in [0, 0.05) is 26.4 Å². The molecule has 0 spiro atoms. The largest absolute Gasteiger partial charge is 0.481 e. The number of carbonyl (C=O) groups excluding carboxylic acids is 4. The number of carboxylic acids is 1. The molecule has 0 aliphatic rings. The monoisotopic (exact) mass is 739 g/mol. The zero-order valence-electron chi connectivity index (χ0n) is 30.1. The molecule has 0 aliphatic heterocycles. The summed E-state index contributed by atoms with van der Waals surface area (Å²) < 4.78 is 42.8. The summed E-state index contributed by atoms with van der Waals surface area (Å²) in [6.45, 7) is 7.64. The van der Waals surface area contributed by atoms with Gasteiger partial charge in [0.05, 0.1) is 119 Å². The zero-order valence-corrected chi connectivity index (χ0v) is 30.1. The van der Waals surface area contributed by atoms with Crippen LogP contribution in [0.3, 0.4) is 0 Å². The van der Waals surface area contributed by atoms with Crippen molar-refractivity contribution >= 4 is 29.6 Å². The van der Waals surface area contributed by atoms with E-state index in [1.165, 1.54) is 6.92 Å². The van der Waals surface area contributed by atoms with Crippen LogP contribution in [0.2, 0.25) is 0 Å². The second-order valence-corrected chi connectivity index (χ2v) is 10.7. The quantitative estimate of drug-likeness (QED) is 0.0374. The Labute approximate surface area is 300 Å². The number of hydrogen-bond acceptors (Lipinski definition) is 14. The number of carbonyl (C=O) groups is 5. The lowest BCUT2D eigenvalue weighted by molar-refractivity contribution is -0.138. The average molecular weight is 740 g/mol. The molecular weight excluding hydrogens is 678 g/mol. The minimum Gasteiger partial charge on any atom is -0.481 e. The molecule has 1 atom stereocenters. The van der Waals surface area contributed by atoms with Crippen molar-refractivity contribution in [1.29, 1.82) is 0 Å². The number of aliphatic carboxylic acids is 1. The summed E-state index contributed by atoms with van der Waals surface area (Å²) in [7, 11) is 0. The Balaban J connectivity index is 3.44. The van der Waals surface area contributed by atoms with E-state index in [2.05, 4.69) is 21.3 Å². The van der Waals surface area contributed by atoms with Crippen LogP contribution >= 0.6 is 0 Å². The van der Waals surface area contributed by atoms with Gasteiger partial charge < -0.3 is 70.0 Å². The number of carboxylic acid groups (broad SMARTS) is 1. The summed E-state index contributed by atoms with van der Waals surface area (Å²) >= 11 is 0. The first-order valence-corrected chi connectivity index (χ1v) is 17.4. The van der Waals surface area contributed by atoms with Gasteiger partial charge in [-0.1, -0.05) is 0 Å². The number of nitrogens with two attached hydrogens (primary N) is 1. The van der Waals surface area contributed by atoms with Crippen LogP contribution in [-0.4, -0.2) is 173 Å². The number of amides is 4. The van der Waals surface area contributed by atoms with Gasteiger partial charge in [-0.15, -0.1) is 0 Å². The molecule has 0 heterocycles. The van der Waals surface area contributed by atoms with Crippen LogP contribution in [0.5, 0.6) is 0 Å². The van der Waals surface area contributed by atoms with Gasteiger partial charge in [0.1, 0.15) is 6.04 Å². The van der Waals surface area contributed by atoms with Gasteiger partial charge in [-0.3, -0.25) is 24.0 Å². The van der Waals surface area contributed by atoms with Crippen molar-refractivity contribution in [2.45, 2.75) is 45.1 Å². The molecule has 0 saturated heterocycles. The van der Waals surface area contributed by atoms with Crippen molar-refractivity contribution in [3.8, 4) is 0 Å². The molecule has 19 heteroatoms. The molecule has 0 aromatic heterocycles. The van der Waals surface area contributed by atoms with Crippen LogP contribution in [0.1, 0.15) is 39.0 Å². The lowest BCUT2D eigenvalue weighted by Gasteiger charge is -2.17. The minimum atomic E-state index is -0.902. The van der Waals surface area contributed by atoms with E-state index in [4.69, 9.17) is 48.7 Å². The molecule has 0 aliphatic carbocycles. The number of rotatable bonds is 38. The first-order chi connectivity index (χ1) is 24.8. The Morgan fingerprint density at radius 1 is 0.549 bits per heavy atom. The second kappa shape index (κ2) is 36.8. The zero-order chi connectivity index (χ0) is 37.6. The van der Waals surface area contributed by atoms with Crippen LogP contribution in [0.4, 0.5) is 0 Å². The number of ether oxygens (including phenoxy) is 8. The molecule has 4 amide bonds. The standard InChI is InChI=1S/C32H61N5O14/c1-27(38)37-28(4-2-3-7-33)32(43)35-9-13-47-17-21-51-24-22-48-18-14-44-10-5-29(39)36-26-30(40)34-8-12-46-16-20-50-25-23-49-19-15-45-11-6-31(41)42/h28H,2-26,33H2,1H3,(H,34,40)(H,35,43)(H,36,39)(H,37,38)(H,41,42). The topological polar surface area (TPSA) is 254 Å².